The van der Waals surface area contributed by atoms with Crippen molar-refractivity contribution in [1.82, 2.24) is 4.90 Å². The Morgan fingerprint density at radius 2 is 1.43 bits per heavy atom. The van der Waals surface area contributed by atoms with E-state index < -0.39 is 0 Å². The lowest BCUT2D eigenvalue weighted by atomic mass is 10.0. The third-order valence-electron chi connectivity index (χ3n) is 3.86. The third-order valence-corrected chi connectivity index (χ3v) is 3.86. The first-order valence-electron chi connectivity index (χ1n) is 8.88. The van der Waals surface area contributed by atoms with Gasteiger partial charge >= 0.3 is 5.97 Å². The first-order chi connectivity index (χ1) is 10.1. The second kappa shape index (κ2) is 14.4. The Kier molecular flexibility index (Phi) is 14.0. The Morgan fingerprint density at radius 1 is 0.905 bits per heavy atom. The molecule has 3 nitrogen and oxygen atoms in total. The Balaban J connectivity index is 3.56. The molecule has 0 aromatic heterocycles. The molecule has 0 spiro atoms. The van der Waals surface area contributed by atoms with Gasteiger partial charge in [0.2, 0.25) is 0 Å². The van der Waals surface area contributed by atoms with E-state index in [9.17, 15) is 4.79 Å². The van der Waals surface area contributed by atoms with Crippen molar-refractivity contribution >= 4 is 5.97 Å². The summed E-state index contributed by atoms with van der Waals surface area (Å²) in [6.07, 6.45) is 14.1. The monoisotopic (exact) mass is 299 g/mol. The molecular weight excluding hydrogens is 262 g/mol. The molecule has 126 valence electrons. The summed E-state index contributed by atoms with van der Waals surface area (Å²) in [5, 5.41) is 0. The van der Waals surface area contributed by atoms with Crippen molar-refractivity contribution in [1.29, 1.82) is 0 Å². The number of rotatable bonds is 14. The second-order valence-corrected chi connectivity index (χ2v) is 6.44. The van der Waals surface area contributed by atoms with Crippen LogP contribution in [-0.2, 0) is 9.53 Å². The molecule has 0 radical (unpaired) electrons. The highest BCUT2D eigenvalue weighted by molar-refractivity contribution is 5.66. The van der Waals surface area contributed by atoms with Crippen LogP contribution in [0.4, 0.5) is 0 Å². The molecule has 0 aliphatic carbocycles. The maximum atomic E-state index is 11.1. The van der Waals surface area contributed by atoms with Crippen LogP contribution in [0.1, 0.15) is 84.5 Å². The summed E-state index contributed by atoms with van der Waals surface area (Å²) in [5.74, 6) is -0.144. The molecule has 3 heteroatoms. The minimum Gasteiger partial charge on any atom is -0.463 e. The molecule has 21 heavy (non-hydrogen) atoms. The Morgan fingerprint density at radius 3 is 1.90 bits per heavy atom. The molecule has 0 amide bonds. The first kappa shape index (κ1) is 20.4. The molecule has 0 saturated heterocycles. The number of ether oxygens (including phenoxy) is 1. The van der Waals surface area contributed by atoms with Crippen LogP contribution in [-0.4, -0.2) is 37.6 Å². The maximum absolute atomic E-state index is 11.1. The lowest BCUT2D eigenvalue weighted by Gasteiger charge is -2.19. The maximum Gasteiger partial charge on any atom is 0.302 e. The zero-order valence-corrected chi connectivity index (χ0v) is 14.8. The number of esters is 1. The number of carbonyl (C=O) groups is 1. The van der Waals surface area contributed by atoms with Crippen molar-refractivity contribution < 1.29 is 9.53 Å². The van der Waals surface area contributed by atoms with Gasteiger partial charge in [-0.2, -0.15) is 0 Å². The van der Waals surface area contributed by atoms with Gasteiger partial charge in [-0.25, -0.2) is 0 Å². The molecule has 0 fully saturated rings. The van der Waals surface area contributed by atoms with Crippen LogP contribution in [0, 0.1) is 0 Å². The van der Waals surface area contributed by atoms with Gasteiger partial charge in [0.1, 0.15) is 6.10 Å². The number of hydrogen-bond acceptors (Lipinski definition) is 3. The lowest BCUT2D eigenvalue weighted by molar-refractivity contribution is -0.147. The SMILES string of the molecule is CCCCCCCCCCCC(CCN(C)C)OC(C)=O. The molecule has 0 saturated carbocycles. The van der Waals surface area contributed by atoms with Crippen molar-refractivity contribution in [3.05, 3.63) is 0 Å². The highest BCUT2D eigenvalue weighted by atomic mass is 16.5. The highest BCUT2D eigenvalue weighted by Gasteiger charge is 2.11. The van der Waals surface area contributed by atoms with E-state index in [1.165, 1.54) is 64.7 Å². The molecule has 0 bridgehead atoms. The fraction of sp³-hybridized carbons (Fsp3) is 0.944. The predicted octanol–water partition coefficient (Wildman–Crippen LogP) is 4.79. The zero-order chi connectivity index (χ0) is 15.9. The Bertz CT molecular complexity index is 241. The standard InChI is InChI=1S/C18H37NO2/c1-5-6-7-8-9-10-11-12-13-14-18(21-17(2)20)15-16-19(3)4/h18H,5-16H2,1-4H3. The second-order valence-electron chi connectivity index (χ2n) is 6.44. The van der Waals surface area contributed by atoms with Crippen LogP contribution in [0.2, 0.25) is 0 Å². The largest absolute Gasteiger partial charge is 0.463 e. The van der Waals surface area contributed by atoms with E-state index in [0.717, 1.165) is 19.4 Å². The summed E-state index contributed by atoms with van der Waals surface area (Å²) in [4.78, 5) is 13.3. The minimum absolute atomic E-state index is 0.106. The van der Waals surface area contributed by atoms with Crippen LogP contribution >= 0.6 is 0 Å². The van der Waals surface area contributed by atoms with Crippen molar-refractivity contribution in [3.8, 4) is 0 Å². The van der Waals surface area contributed by atoms with E-state index >= 15 is 0 Å². The molecule has 0 aliphatic rings. The predicted molar refractivity (Wildman–Crippen MR) is 90.6 cm³/mol. The van der Waals surface area contributed by atoms with Gasteiger partial charge in [0.05, 0.1) is 0 Å². The first-order valence-corrected chi connectivity index (χ1v) is 8.88. The van der Waals surface area contributed by atoms with Crippen LogP contribution < -0.4 is 0 Å². The summed E-state index contributed by atoms with van der Waals surface area (Å²) in [5.41, 5.74) is 0. The molecule has 1 atom stereocenters. The van der Waals surface area contributed by atoms with Gasteiger partial charge in [0.15, 0.2) is 0 Å². The van der Waals surface area contributed by atoms with Gasteiger partial charge in [0.25, 0.3) is 0 Å². The van der Waals surface area contributed by atoms with Crippen LogP contribution in [0.15, 0.2) is 0 Å². The smallest absolute Gasteiger partial charge is 0.302 e. The average molecular weight is 299 g/mol. The van der Waals surface area contributed by atoms with E-state index in [2.05, 4.69) is 25.9 Å². The molecule has 0 N–H and O–H groups in total. The van der Waals surface area contributed by atoms with Crippen LogP contribution in [0.25, 0.3) is 0 Å². The van der Waals surface area contributed by atoms with Gasteiger partial charge in [-0.3, -0.25) is 4.79 Å². The topological polar surface area (TPSA) is 29.5 Å². The lowest BCUT2D eigenvalue weighted by Crippen LogP contribution is -2.23. The summed E-state index contributed by atoms with van der Waals surface area (Å²) in [7, 11) is 4.12. The average Bonchev–Trinajstić information content (AvgIpc) is 2.42. The van der Waals surface area contributed by atoms with Crippen molar-refractivity contribution in [2.45, 2.75) is 90.6 Å². The molecule has 1 unspecified atom stereocenters. The summed E-state index contributed by atoms with van der Waals surface area (Å²) in [6.45, 7) is 4.75. The summed E-state index contributed by atoms with van der Waals surface area (Å²) < 4.78 is 5.41. The van der Waals surface area contributed by atoms with Gasteiger partial charge in [-0.05, 0) is 33.4 Å². The molecule has 0 aromatic carbocycles. The number of nitrogens with zero attached hydrogens (tertiary/aromatic N) is 1. The molecule has 0 aliphatic heterocycles. The third kappa shape index (κ3) is 15.6. The molecule has 0 aromatic rings. The minimum atomic E-state index is -0.144. The zero-order valence-electron chi connectivity index (χ0n) is 14.8. The fourth-order valence-electron chi connectivity index (χ4n) is 2.58. The van der Waals surface area contributed by atoms with Gasteiger partial charge < -0.3 is 9.64 Å². The van der Waals surface area contributed by atoms with Gasteiger partial charge in [0, 0.05) is 13.5 Å². The van der Waals surface area contributed by atoms with E-state index in [-0.39, 0.29) is 12.1 Å². The van der Waals surface area contributed by atoms with Crippen LogP contribution in [0.3, 0.4) is 0 Å². The molecule has 0 heterocycles. The van der Waals surface area contributed by atoms with E-state index in [1.54, 1.807) is 0 Å². The summed E-state index contributed by atoms with van der Waals surface area (Å²) >= 11 is 0. The quantitative estimate of drug-likeness (QED) is 0.341. The van der Waals surface area contributed by atoms with Crippen molar-refractivity contribution in [2.75, 3.05) is 20.6 Å². The summed E-state index contributed by atoms with van der Waals surface area (Å²) in [6, 6.07) is 0. The van der Waals surface area contributed by atoms with Crippen molar-refractivity contribution in [2.24, 2.45) is 0 Å². The molecule has 0 rings (SSSR count). The van der Waals surface area contributed by atoms with Gasteiger partial charge in [-0.15, -0.1) is 0 Å². The van der Waals surface area contributed by atoms with E-state index in [4.69, 9.17) is 4.74 Å². The van der Waals surface area contributed by atoms with Gasteiger partial charge in [-0.1, -0.05) is 58.3 Å². The van der Waals surface area contributed by atoms with Crippen molar-refractivity contribution in [3.63, 3.8) is 0 Å². The highest BCUT2D eigenvalue weighted by Crippen LogP contribution is 2.14. The Labute approximate surface area is 132 Å². The number of carbonyl (C=O) groups excluding carboxylic acids is 1. The van der Waals surface area contributed by atoms with E-state index in [1.807, 2.05) is 0 Å². The number of unbranched alkanes of at least 4 members (excludes halogenated alkanes) is 8. The van der Waals surface area contributed by atoms with Crippen LogP contribution in [0.5, 0.6) is 0 Å². The van der Waals surface area contributed by atoms with E-state index in [0.29, 0.717) is 0 Å². The normalized spacial score (nSPS) is 12.6. The fourth-order valence-corrected chi connectivity index (χ4v) is 2.58. The Hall–Kier alpha value is -0.570. The molecular formula is C18H37NO2. The number of hydrogen-bond donors (Lipinski definition) is 0.